The summed E-state index contributed by atoms with van der Waals surface area (Å²) in [6, 6.07) is 10.8. The Bertz CT molecular complexity index is 1270. The number of anilines is 2. The highest BCUT2D eigenvalue weighted by atomic mass is 32.2. The van der Waals surface area contributed by atoms with E-state index in [0.29, 0.717) is 5.69 Å². The van der Waals surface area contributed by atoms with Crippen LogP contribution < -0.4 is 26.8 Å². The summed E-state index contributed by atoms with van der Waals surface area (Å²) in [4.78, 5) is 38.2. The minimum absolute atomic E-state index is 0.0185. The molecule has 0 aliphatic rings. The Kier molecular flexibility index (Phi) is 5.45. The van der Waals surface area contributed by atoms with Crippen molar-refractivity contribution in [3.05, 3.63) is 86.9 Å². The molecule has 150 valence electrons. The minimum Gasteiger partial charge on any atom is -0.313 e. The van der Waals surface area contributed by atoms with Crippen LogP contribution in [0.1, 0.15) is 10.4 Å². The lowest BCUT2D eigenvalue weighted by Gasteiger charge is -2.10. The molecule has 0 aliphatic heterocycles. The van der Waals surface area contributed by atoms with Gasteiger partial charge in [0.15, 0.2) is 4.90 Å². The van der Waals surface area contributed by atoms with Crippen LogP contribution in [0.25, 0.3) is 0 Å². The molecule has 0 unspecified atom stereocenters. The lowest BCUT2D eigenvalue weighted by atomic mass is 10.2. The Hall–Kier alpha value is -3.93. The van der Waals surface area contributed by atoms with E-state index in [4.69, 9.17) is 0 Å². The average Bonchev–Trinajstić information content (AvgIpc) is 2.67. The second kappa shape index (κ2) is 7.98. The smallest absolute Gasteiger partial charge is 0.313 e. The molecular weight excluding hydrogens is 405 g/mol. The molecule has 5 N–H and O–H groups in total. The molecule has 0 aliphatic carbocycles. The van der Waals surface area contributed by atoms with Crippen molar-refractivity contribution < 1.29 is 17.6 Å². The average molecular weight is 419 g/mol. The van der Waals surface area contributed by atoms with E-state index >= 15 is 0 Å². The van der Waals surface area contributed by atoms with E-state index in [-0.39, 0.29) is 11.3 Å². The molecule has 1 amide bonds. The highest BCUT2D eigenvalue weighted by Crippen LogP contribution is 2.15. The van der Waals surface area contributed by atoms with Crippen LogP contribution in [-0.2, 0) is 10.0 Å². The number of hydrogen-bond acceptors (Lipinski definition) is 6. The SMILES string of the molecule is O=C(NNc1ccc(F)cc1)c1cccc(NS(=O)(=O)c2c[nH]c(=O)[nH]c2=O)c1. The quantitative estimate of drug-likeness (QED) is 0.372. The van der Waals surface area contributed by atoms with E-state index in [9.17, 15) is 27.2 Å². The van der Waals surface area contributed by atoms with Crippen LogP contribution in [-0.4, -0.2) is 24.3 Å². The lowest BCUT2D eigenvalue weighted by Crippen LogP contribution is -2.30. The third kappa shape index (κ3) is 4.87. The number of carbonyl (C=O) groups excluding carboxylic acids is 1. The summed E-state index contributed by atoms with van der Waals surface area (Å²) in [6.07, 6.45) is 0.771. The number of nitrogens with one attached hydrogen (secondary N) is 5. The summed E-state index contributed by atoms with van der Waals surface area (Å²) < 4.78 is 39.8. The fourth-order valence-electron chi connectivity index (χ4n) is 2.27. The predicted octanol–water partition coefficient (Wildman–Crippen LogP) is 0.760. The molecule has 0 fully saturated rings. The van der Waals surface area contributed by atoms with Crippen LogP contribution in [0, 0.1) is 5.82 Å². The number of carbonyl (C=O) groups is 1. The first-order valence-electron chi connectivity index (χ1n) is 8.01. The summed E-state index contributed by atoms with van der Waals surface area (Å²) in [5, 5.41) is 0. The Morgan fingerprint density at radius 1 is 1.00 bits per heavy atom. The van der Waals surface area contributed by atoms with E-state index < -0.39 is 37.9 Å². The number of H-pyrrole nitrogens is 2. The summed E-state index contributed by atoms with van der Waals surface area (Å²) in [5.41, 5.74) is 3.61. The molecular formula is C17H14FN5O5S. The van der Waals surface area contributed by atoms with Gasteiger partial charge < -0.3 is 4.98 Å². The molecule has 0 atom stereocenters. The molecule has 0 saturated carbocycles. The van der Waals surface area contributed by atoms with Crippen LogP contribution in [0.4, 0.5) is 15.8 Å². The maximum atomic E-state index is 12.9. The first-order chi connectivity index (χ1) is 13.7. The van der Waals surface area contributed by atoms with Crippen LogP contribution in [0.5, 0.6) is 0 Å². The second-order valence-corrected chi connectivity index (χ2v) is 7.36. The van der Waals surface area contributed by atoms with Gasteiger partial charge in [0.1, 0.15) is 5.82 Å². The molecule has 0 spiro atoms. The zero-order valence-corrected chi connectivity index (χ0v) is 15.3. The van der Waals surface area contributed by atoms with E-state index in [1.165, 1.54) is 48.5 Å². The van der Waals surface area contributed by atoms with Gasteiger partial charge in [0.25, 0.3) is 21.5 Å². The number of halogens is 1. The van der Waals surface area contributed by atoms with Crippen molar-refractivity contribution in [2.45, 2.75) is 4.90 Å². The number of hydrazine groups is 1. The highest BCUT2D eigenvalue weighted by molar-refractivity contribution is 7.92. The summed E-state index contributed by atoms with van der Waals surface area (Å²) in [7, 11) is -4.31. The van der Waals surface area contributed by atoms with Crippen molar-refractivity contribution in [3.8, 4) is 0 Å². The van der Waals surface area contributed by atoms with Crippen LogP contribution in [0.3, 0.4) is 0 Å². The van der Waals surface area contributed by atoms with Gasteiger partial charge in [0.2, 0.25) is 0 Å². The largest absolute Gasteiger partial charge is 0.325 e. The molecule has 3 rings (SSSR count). The lowest BCUT2D eigenvalue weighted by molar-refractivity contribution is 0.0962. The maximum Gasteiger partial charge on any atom is 0.325 e. The van der Waals surface area contributed by atoms with Gasteiger partial charge in [-0.05, 0) is 42.5 Å². The molecule has 29 heavy (non-hydrogen) atoms. The predicted molar refractivity (Wildman–Crippen MR) is 102 cm³/mol. The standard InChI is InChI=1S/C17H14FN5O5S/c18-11-4-6-12(7-5-11)21-22-15(24)10-2-1-3-13(8-10)23-29(27,28)14-9-19-17(26)20-16(14)25/h1-9,21,23H,(H,22,24)(H2,19,20,25,26). The summed E-state index contributed by atoms with van der Waals surface area (Å²) in [5.74, 6) is -1.01. The van der Waals surface area contributed by atoms with E-state index in [1.807, 2.05) is 4.98 Å². The van der Waals surface area contributed by atoms with Crippen LogP contribution in [0.2, 0.25) is 0 Å². The Balaban J connectivity index is 1.74. The highest BCUT2D eigenvalue weighted by Gasteiger charge is 2.19. The molecule has 10 nitrogen and oxygen atoms in total. The van der Waals surface area contributed by atoms with E-state index in [0.717, 1.165) is 6.20 Å². The van der Waals surface area contributed by atoms with Crippen molar-refractivity contribution in [2.24, 2.45) is 0 Å². The molecule has 3 aromatic rings. The minimum atomic E-state index is -4.31. The van der Waals surface area contributed by atoms with Gasteiger partial charge in [0, 0.05) is 17.4 Å². The molecule has 12 heteroatoms. The Morgan fingerprint density at radius 2 is 1.72 bits per heavy atom. The number of rotatable bonds is 6. The van der Waals surface area contributed by atoms with Crippen molar-refractivity contribution in [3.63, 3.8) is 0 Å². The van der Waals surface area contributed by atoms with Crippen molar-refractivity contribution >= 4 is 27.3 Å². The fourth-order valence-corrected chi connectivity index (χ4v) is 3.32. The Morgan fingerprint density at radius 3 is 2.41 bits per heavy atom. The molecule has 2 aromatic carbocycles. The van der Waals surface area contributed by atoms with E-state index in [1.54, 1.807) is 0 Å². The normalized spacial score (nSPS) is 10.9. The fraction of sp³-hybridized carbons (Fsp3) is 0. The third-order valence-corrected chi connectivity index (χ3v) is 5.00. The zero-order chi connectivity index (χ0) is 21.0. The molecule has 0 saturated heterocycles. The monoisotopic (exact) mass is 419 g/mol. The van der Waals surface area contributed by atoms with Gasteiger partial charge in [-0.2, -0.15) is 0 Å². The molecule has 1 aromatic heterocycles. The number of hydrogen-bond donors (Lipinski definition) is 5. The summed E-state index contributed by atoms with van der Waals surface area (Å²) >= 11 is 0. The number of amides is 1. The molecule has 0 bridgehead atoms. The van der Waals surface area contributed by atoms with Crippen molar-refractivity contribution in [1.82, 2.24) is 15.4 Å². The Labute approximate surface area is 162 Å². The zero-order valence-electron chi connectivity index (χ0n) is 14.5. The number of benzene rings is 2. The molecule has 1 heterocycles. The van der Waals surface area contributed by atoms with Crippen molar-refractivity contribution in [1.29, 1.82) is 0 Å². The van der Waals surface area contributed by atoms with Gasteiger partial charge in [-0.25, -0.2) is 17.6 Å². The topological polar surface area (TPSA) is 153 Å². The van der Waals surface area contributed by atoms with Gasteiger partial charge >= 0.3 is 5.69 Å². The number of aromatic nitrogens is 2. The van der Waals surface area contributed by atoms with Crippen LogP contribution in [0.15, 0.2) is 69.2 Å². The first kappa shape index (κ1) is 19.8. The third-order valence-electron chi connectivity index (χ3n) is 3.62. The van der Waals surface area contributed by atoms with Gasteiger partial charge in [-0.1, -0.05) is 6.07 Å². The first-order valence-corrected chi connectivity index (χ1v) is 9.50. The van der Waals surface area contributed by atoms with Gasteiger partial charge in [-0.15, -0.1) is 0 Å². The van der Waals surface area contributed by atoms with Crippen molar-refractivity contribution in [2.75, 3.05) is 10.1 Å². The maximum absolute atomic E-state index is 12.9. The number of aromatic amines is 2. The van der Waals surface area contributed by atoms with Gasteiger partial charge in [0.05, 0.1) is 5.69 Å². The molecule has 0 radical (unpaired) electrons. The van der Waals surface area contributed by atoms with E-state index in [2.05, 4.69) is 20.6 Å². The van der Waals surface area contributed by atoms with Gasteiger partial charge in [-0.3, -0.25) is 30.1 Å². The number of sulfonamides is 1. The summed E-state index contributed by atoms with van der Waals surface area (Å²) in [6.45, 7) is 0. The second-order valence-electron chi connectivity index (χ2n) is 5.71. The van der Waals surface area contributed by atoms with Crippen LogP contribution >= 0.6 is 0 Å².